The lowest BCUT2D eigenvalue weighted by Crippen LogP contribution is -2.47. The molecule has 25 heavy (non-hydrogen) atoms. The van der Waals surface area contributed by atoms with Crippen molar-refractivity contribution in [2.45, 2.75) is 26.1 Å². The summed E-state index contributed by atoms with van der Waals surface area (Å²) in [5, 5.41) is 9.75. The zero-order chi connectivity index (χ0) is 17.8. The summed E-state index contributed by atoms with van der Waals surface area (Å²) in [6.07, 6.45) is 0.427. The summed E-state index contributed by atoms with van der Waals surface area (Å²) < 4.78 is 18.7. The number of carbonyl (C=O) groups excluding carboxylic acids is 1. The Hall–Kier alpha value is -2.25. The monoisotopic (exact) mass is 346 g/mol. The highest BCUT2D eigenvalue weighted by atomic mass is 19.1. The van der Waals surface area contributed by atoms with Crippen LogP contribution in [-0.2, 0) is 4.74 Å². The van der Waals surface area contributed by atoms with Gasteiger partial charge in [-0.25, -0.2) is 4.39 Å². The zero-order valence-electron chi connectivity index (χ0n) is 14.5. The van der Waals surface area contributed by atoms with Crippen LogP contribution in [0.5, 0.6) is 0 Å². The third-order valence-electron chi connectivity index (χ3n) is 4.17. The Labute approximate surface area is 146 Å². The number of benzene rings is 1. The molecule has 0 aliphatic carbocycles. The van der Waals surface area contributed by atoms with E-state index in [1.165, 1.54) is 12.1 Å². The second-order valence-corrected chi connectivity index (χ2v) is 6.45. The number of ether oxygens (including phenoxy) is 1. The van der Waals surface area contributed by atoms with E-state index in [-0.39, 0.29) is 23.9 Å². The molecule has 134 valence electrons. The minimum absolute atomic E-state index is 0.199. The Morgan fingerprint density at radius 1 is 1.32 bits per heavy atom. The van der Waals surface area contributed by atoms with Gasteiger partial charge in [-0.15, -0.1) is 0 Å². The number of H-pyrrole nitrogens is 1. The molecule has 1 aliphatic heterocycles. The maximum Gasteiger partial charge on any atom is 0.269 e. The second-order valence-electron chi connectivity index (χ2n) is 6.45. The van der Waals surface area contributed by atoms with Crippen LogP contribution in [0.1, 0.15) is 24.3 Å². The SMILES string of the molecule is C[C@@H]1CN(CCNC(=O)c2cc(-c3ccc(F)cc3)n[nH]2)C[C@@H](C)O1. The summed E-state index contributed by atoms with van der Waals surface area (Å²) in [6.45, 7) is 7.20. The summed E-state index contributed by atoms with van der Waals surface area (Å²) in [5.74, 6) is -0.501. The second kappa shape index (κ2) is 7.76. The average Bonchev–Trinajstić information content (AvgIpc) is 3.04. The molecule has 1 aliphatic rings. The number of morpholine rings is 1. The van der Waals surface area contributed by atoms with Crippen LogP contribution in [0.3, 0.4) is 0 Å². The molecule has 1 aromatic heterocycles. The first-order valence-corrected chi connectivity index (χ1v) is 8.48. The van der Waals surface area contributed by atoms with Gasteiger partial charge < -0.3 is 10.1 Å². The first-order chi connectivity index (χ1) is 12.0. The van der Waals surface area contributed by atoms with E-state index >= 15 is 0 Å². The number of halogens is 1. The zero-order valence-corrected chi connectivity index (χ0v) is 14.5. The molecular weight excluding hydrogens is 323 g/mol. The van der Waals surface area contributed by atoms with E-state index in [2.05, 4.69) is 34.3 Å². The normalized spacial score (nSPS) is 21.2. The molecule has 3 rings (SSSR count). The van der Waals surface area contributed by atoms with Gasteiger partial charge in [0, 0.05) is 31.7 Å². The summed E-state index contributed by atoms with van der Waals surface area (Å²) in [4.78, 5) is 14.5. The van der Waals surface area contributed by atoms with Crippen molar-refractivity contribution in [2.24, 2.45) is 0 Å². The van der Waals surface area contributed by atoms with Crippen molar-refractivity contribution in [1.82, 2.24) is 20.4 Å². The fourth-order valence-corrected chi connectivity index (χ4v) is 3.10. The van der Waals surface area contributed by atoms with Crippen molar-refractivity contribution in [3.63, 3.8) is 0 Å². The maximum absolute atomic E-state index is 13.0. The number of amides is 1. The average molecular weight is 346 g/mol. The first kappa shape index (κ1) is 17.6. The lowest BCUT2D eigenvalue weighted by atomic mass is 10.1. The third kappa shape index (κ3) is 4.64. The Kier molecular flexibility index (Phi) is 5.45. The van der Waals surface area contributed by atoms with Crippen LogP contribution in [0.4, 0.5) is 4.39 Å². The smallest absolute Gasteiger partial charge is 0.269 e. The summed E-state index contributed by atoms with van der Waals surface area (Å²) in [5.41, 5.74) is 1.76. The fraction of sp³-hybridized carbons (Fsp3) is 0.444. The van der Waals surface area contributed by atoms with Crippen LogP contribution in [0, 0.1) is 5.82 Å². The molecule has 0 spiro atoms. The third-order valence-corrected chi connectivity index (χ3v) is 4.17. The molecule has 7 heteroatoms. The number of aromatic nitrogens is 2. The van der Waals surface area contributed by atoms with Crippen molar-refractivity contribution >= 4 is 5.91 Å². The number of nitrogens with one attached hydrogen (secondary N) is 2. The van der Waals surface area contributed by atoms with Crippen molar-refractivity contribution in [3.8, 4) is 11.3 Å². The van der Waals surface area contributed by atoms with E-state index in [0.29, 0.717) is 17.9 Å². The predicted octanol–water partition coefficient (Wildman–Crippen LogP) is 2.05. The molecule has 0 radical (unpaired) electrons. The molecular formula is C18H23FN4O2. The molecule has 2 heterocycles. The van der Waals surface area contributed by atoms with Crippen LogP contribution >= 0.6 is 0 Å². The predicted molar refractivity (Wildman–Crippen MR) is 92.8 cm³/mol. The molecule has 1 amide bonds. The topological polar surface area (TPSA) is 70.2 Å². The molecule has 0 bridgehead atoms. The molecule has 1 aromatic carbocycles. The van der Waals surface area contributed by atoms with Gasteiger partial charge in [0.1, 0.15) is 11.5 Å². The van der Waals surface area contributed by atoms with E-state index in [1.807, 2.05) is 0 Å². The number of aromatic amines is 1. The van der Waals surface area contributed by atoms with Gasteiger partial charge in [0.15, 0.2) is 0 Å². The van der Waals surface area contributed by atoms with Crippen LogP contribution in [0.15, 0.2) is 30.3 Å². The number of nitrogens with zero attached hydrogens (tertiary/aromatic N) is 2. The van der Waals surface area contributed by atoms with Crippen LogP contribution in [-0.4, -0.2) is 59.4 Å². The molecule has 2 aromatic rings. The molecule has 2 N–H and O–H groups in total. The summed E-state index contributed by atoms with van der Waals surface area (Å²) in [7, 11) is 0. The number of hydrogen-bond acceptors (Lipinski definition) is 4. The highest BCUT2D eigenvalue weighted by Gasteiger charge is 2.21. The number of rotatable bonds is 5. The van der Waals surface area contributed by atoms with Crippen molar-refractivity contribution in [3.05, 3.63) is 41.8 Å². The Bertz CT molecular complexity index is 706. The van der Waals surface area contributed by atoms with Gasteiger partial charge in [0.25, 0.3) is 5.91 Å². The highest BCUT2D eigenvalue weighted by Crippen LogP contribution is 2.18. The quantitative estimate of drug-likeness (QED) is 0.869. The van der Waals surface area contributed by atoms with Gasteiger partial charge >= 0.3 is 0 Å². The molecule has 2 atom stereocenters. The van der Waals surface area contributed by atoms with Crippen molar-refractivity contribution < 1.29 is 13.9 Å². The Morgan fingerprint density at radius 2 is 2.00 bits per heavy atom. The summed E-state index contributed by atoms with van der Waals surface area (Å²) >= 11 is 0. The molecule has 0 unspecified atom stereocenters. The number of carbonyl (C=O) groups is 1. The molecule has 6 nitrogen and oxygen atoms in total. The van der Waals surface area contributed by atoms with Crippen molar-refractivity contribution in [1.29, 1.82) is 0 Å². The summed E-state index contributed by atoms with van der Waals surface area (Å²) in [6, 6.07) is 7.67. The number of hydrogen-bond donors (Lipinski definition) is 2. The standard InChI is InChI=1S/C18H23FN4O2/c1-12-10-23(11-13(2)25-12)8-7-20-18(24)17-9-16(21-22-17)14-3-5-15(19)6-4-14/h3-6,9,12-13H,7-8,10-11H2,1-2H3,(H,20,24)(H,21,22)/t12-,13-/m1/s1. The van der Waals surface area contributed by atoms with Gasteiger partial charge in [-0.2, -0.15) is 5.10 Å². The van der Waals surface area contributed by atoms with Crippen LogP contribution < -0.4 is 5.32 Å². The molecule has 1 fully saturated rings. The largest absolute Gasteiger partial charge is 0.373 e. The Balaban J connectivity index is 1.51. The fourth-order valence-electron chi connectivity index (χ4n) is 3.10. The van der Waals surface area contributed by atoms with Crippen molar-refractivity contribution in [2.75, 3.05) is 26.2 Å². The lowest BCUT2D eigenvalue weighted by molar-refractivity contribution is -0.0672. The van der Waals surface area contributed by atoms with E-state index < -0.39 is 0 Å². The maximum atomic E-state index is 13.0. The molecule has 1 saturated heterocycles. The minimum atomic E-state index is -0.302. The van der Waals surface area contributed by atoms with Gasteiger partial charge in [-0.05, 0) is 44.2 Å². The first-order valence-electron chi connectivity index (χ1n) is 8.48. The molecule has 0 saturated carbocycles. The van der Waals surface area contributed by atoms with E-state index in [9.17, 15) is 9.18 Å². The van der Waals surface area contributed by atoms with E-state index in [0.717, 1.165) is 25.2 Å². The lowest BCUT2D eigenvalue weighted by Gasteiger charge is -2.35. The Morgan fingerprint density at radius 3 is 2.68 bits per heavy atom. The minimum Gasteiger partial charge on any atom is -0.373 e. The van der Waals surface area contributed by atoms with Gasteiger partial charge in [0.05, 0.1) is 17.9 Å². The van der Waals surface area contributed by atoms with E-state index in [4.69, 9.17) is 4.74 Å². The van der Waals surface area contributed by atoms with E-state index in [1.54, 1.807) is 18.2 Å². The van der Waals surface area contributed by atoms with Gasteiger partial charge in [-0.3, -0.25) is 14.8 Å². The van der Waals surface area contributed by atoms with Crippen LogP contribution in [0.25, 0.3) is 11.3 Å². The van der Waals surface area contributed by atoms with Gasteiger partial charge in [-0.1, -0.05) is 0 Å². The highest BCUT2D eigenvalue weighted by molar-refractivity contribution is 5.93. The van der Waals surface area contributed by atoms with Crippen LogP contribution in [0.2, 0.25) is 0 Å². The van der Waals surface area contributed by atoms with Gasteiger partial charge in [0.2, 0.25) is 0 Å².